The summed E-state index contributed by atoms with van der Waals surface area (Å²) in [5, 5.41) is 12.0. The smallest absolute Gasteiger partial charge is 0.415 e. The highest BCUT2D eigenvalue weighted by molar-refractivity contribution is 6.89. The Morgan fingerprint density at radius 3 is 2.17 bits per heavy atom. The molecule has 0 fully saturated rings. The summed E-state index contributed by atoms with van der Waals surface area (Å²) in [7, 11) is -0.565. The van der Waals surface area contributed by atoms with Gasteiger partial charge in [-0.1, -0.05) is 25.7 Å². The van der Waals surface area contributed by atoms with Crippen LogP contribution in [0.4, 0.5) is 10.5 Å². The number of methoxy groups -OCH3 is 1. The second-order valence-corrected chi connectivity index (χ2v) is 11.1. The topological polar surface area (TPSA) is 81.9 Å². The van der Waals surface area contributed by atoms with E-state index in [9.17, 15) is 14.9 Å². The van der Waals surface area contributed by atoms with Gasteiger partial charge in [-0.05, 0) is 19.0 Å². The molecule has 0 heterocycles. The summed E-state index contributed by atoms with van der Waals surface area (Å²) in [6, 6.07) is 3.07. The molecule has 0 bridgehead atoms. The number of nitro groups is 1. The maximum atomic E-state index is 12.3. The van der Waals surface area contributed by atoms with Crippen LogP contribution in [0.1, 0.15) is 13.8 Å². The zero-order valence-electron chi connectivity index (χ0n) is 14.5. The van der Waals surface area contributed by atoms with Crippen LogP contribution < -0.4 is 14.7 Å². The van der Waals surface area contributed by atoms with Crippen molar-refractivity contribution in [1.29, 1.82) is 0 Å². The summed E-state index contributed by atoms with van der Waals surface area (Å²) in [5.41, 5.74) is -0.211. The molecule has 1 aromatic carbocycles. The van der Waals surface area contributed by atoms with Crippen LogP contribution in [0.15, 0.2) is 12.1 Å². The third-order valence-electron chi connectivity index (χ3n) is 3.51. The van der Waals surface area contributed by atoms with E-state index in [0.717, 1.165) is 5.19 Å². The number of rotatable bonds is 6. The summed E-state index contributed by atoms with van der Waals surface area (Å²) in [5.74, 6) is 0.160. The minimum atomic E-state index is -1.90. The lowest BCUT2D eigenvalue weighted by Crippen LogP contribution is -2.41. The summed E-state index contributed by atoms with van der Waals surface area (Å²) in [4.78, 5) is 24.5. The molecule has 7 nitrogen and oxygen atoms in total. The van der Waals surface area contributed by atoms with Gasteiger partial charge in [0.2, 0.25) is 5.75 Å². The summed E-state index contributed by atoms with van der Waals surface area (Å²) < 4.78 is 10.7. The van der Waals surface area contributed by atoms with Crippen molar-refractivity contribution in [3.8, 4) is 11.5 Å². The van der Waals surface area contributed by atoms with Crippen LogP contribution in [0, 0.1) is 10.1 Å². The Kier molecular flexibility index (Phi) is 6.14. The molecular formula is C15H24N2O5Si. The number of benzene rings is 1. The maximum absolute atomic E-state index is 12.3. The van der Waals surface area contributed by atoms with E-state index in [1.807, 2.05) is 13.8 Å². The van der Waals surface area contributed by atoms with Gasteiger partial charge in [0.15, 0.2) is 5.75 Å². The Labute approximate surface area is 137 Å². The van der Waals surface area contributed by atoms with Crippen LogP contribution >= 0.6 is 0 Å². The molecule has 0 aliphatic carbocycles. The molecule has 0 radical (unpaired) electrons. The Morgan fingerprint density at radius 1 is 1.22 bits per heavy atom. The molecule has 0 N–H and O–H groups in total. The molecule has 0 saturated carbocycles. The predicted octanol–water partition coefficient (Wildman–Crippen LogP) is 2.99. The van der Waals surface area contributed by atoms with Crippen LogP contribution in [-0.2, 0) is 0 Å². The van der Waals surface area contributed by atoms with E-state index in [1.165, 1.54) is 18.1 Å². The number of carbonyl (C=O) groups excluding carboxylic acids is 1. The van der Waals surface area contributed by atoms with Crippen molar-refractivity contribution in [1.82, 2.24) is 4.90 Å². The highest BCUT2D eigenvalue weighted by Gasteiger charge is 2.31. The highest BCUT2D eigenvalue weighted by atomic mass is 28.3. The van der Waals surface area contributed by atoms with Crippen molar-refractivity contribution in [3.05, 3.63) is 22.2 Å². The first-order valence-electron chi connectivity index (χ1n) is 7.49. The first-order chi connectivity index (χ1) is 10.7. The van der Waals surface area contributed by atoms with Crippen LogP contribution in [0.3, 0.4) is 0 Å². The fraction of sp³-hybridized carbons (Fsp3) is 0.533. The largest absolute Gasteiger partial charge is 0.488 e. The minimum Gasteiger partial charge on any atom is -0.488 e. The zero-order chi connectivity index (χ0) is 17.8. The number of ether oxygens (including phenoxy) is 2. The molecule has 23 heavy (non-hydrogen) atoms. The van der Waals surface area contributed by atoms with E-state index in [2.05, 4.69) is 19.6 Å². The molecule has 0 atom stereocenters. The lowest BCUT2D eigenvalue weighted by molar-refractivity contribution is -0.385. The summed E-state index contributed by atoms with van der Waals surface area (Å²) in [6.07, 6.45) is -0.534. The number of amides is 1. The van der Waals surface area contributed by atoms with Crippen molar-refractivity contribution in [2.75, 3.05) is 20.2 Å². The predicted molar refractivity (Wildman–Crippen MR) is 91.6 cm³/mol. The van der Waals surface area contributed by atoms with E-state index >= 15 is 0 Å². The standard InChI is InChI=1S/C15H24N2O5Si/c1-7-16(8-2)15(18)22-14-12(23(4,5)6)10-9-11(17(19)20)13(14)21-3/h9-10H,7-8H2,1-6H3. The summed E-state index contributed by atoms with van der Waals surface area (Å²) in [6.45, 7) is 10.9. The second kappa shape index (κ2) is 7.45. The van der Waals surface area contributed by atoms with Crippen LogP contribution in [0.2, 0.25) is 19.6 Å². The van der Waals surface area contributed by atoms with Crippen LogP contribution in [0.25, 0.3) is 0 Å². The van der Waals surface area contributed by atoms with Gasteiger partial charge in [0.05, 0.1) is 20.1 Å². The number of nitrogens with zero attached hydrogens (tertiary/aromatic N) is 2. The van der Waals surface area contributed by atoms with Gasteiger partial charge in [-0.15, -0.1) is 0 Å². The SMILES string of the molecule is CCN(CC)C(=O)Oc1c([Si](C)(C)C)ccc([N+](=O)[O-])c1OC. The van der Waals surface area contributed by atoms with Gasteiger partial charge in [-0.25, -0.2) is 4.79 Å². The van der Waals surface area contributed by atoms with E-state index in [4.69, 9.17) is 9.47 Å². The average molecular weight is 340 g/mol. The zero-order valence-corrected chi connectivity index (χ0v) is 15.5. The third-order valence-corrected chi connectivity index (χ3v) is 5.52. The van der Waals surface area contributed by atoms with Crippen molar-refractivity contribution in [2.45, 2.75) is 33.5 Å². The van der Waals surface area contributed by atoms with Gasteiger partial charge in [0.25, 0.3) is 0 Å². The van der Waals surface area contributed by atoms with E-state index in [1.54, 1.807) is 6.07 Å². The fourth-order valence-electron chi connectivity index (χ4n) is 2.22. The van der Waals surface area contributed by atoms with Crippen molar-refractivity contribution in [2.24, 2.45) is 0 Å². The third kappa shape index (κ3) is 4.22. The Morgan fingerprint density at radius 2 is 1.78 bits per heavy atom. The van der Waals surface area contributed by atoms with Crippen molar-refractivity contribution in [3.63, 3.8) is 0 Å². The lowest BCUT2D eigenvalue weighted by atomic mass is 10.2. The minimum absolute atomic E-state index is 0.00423. The molecule has 1 aromatic rings. The molecule has 0 aromatic heterocycles. The molecule has 1 amide bonds. The Hall–Kier alpha value is -2.09. The molecule has 128 valence electrons. The van der Waals surface area contributed by atoms with Crippen molar-refractivity contribution < 1.29 is 19.2 Å². The van der Waals surface area contributed by atoms with Gasteiger partial charge in [0, 0.05) is 19.2 Å². The number of nitro benzene ring substituents is 1. The van der Waals surface area contributed by atoms with E-state index in [-0.39, 0.29) is 17.2 Å². The average Bonchev–Trinajstić information content (AvgIpc) is 2.46. The van der Waals surface area contributed by atoms with Gasteiger partial charge >= 0.3 is 11.8 Å². The van der Waals surface area contributed by atoms with E-state index in [0.29, 0.717) is 13.1 Å². The van der Waals surface area contributed by atoms with Crippen molar-refractivity contribution >= 4 is 25.0 Å². The molecule has 0 aliphatic heterocycles. The second-order valence-electron chi connectivity index (χ2n) is 6.04. The molecular weight excluding hydrogens is 316 g/mol. The molecule has 8 heteroatoms. The van der Waals surface area contributed by atoms with Gasteiger partial charge in [0.1, 0.15) is 0 Å². The van der Waals surface area contributed by atoms with E-state index < -0.39 is 19.1 Å². The number of carbonyl (C=O) groups is 1. The van der Waals surface area contributed by atoms with Gasteiger partial charge in [-0.3, -0.25) is 10.1 Å². The lowest BCUT2D eigenvalue weighted by Gasteiger charge is -2.24. The monoisotopic (exact) mass is 340 g/mol. The first-order valence-corrected chi connectivity index (χ1v) is 11.0. The highest BCUT2D eigenvalue weighted by Crippen LogP contribution is 2.37. The summed E-state index contributed by atoms with van der Waals surface area (Å²) >= 11 is 0. The maximum Gasteiger partial charge on any atom is 0.415 e. The van der Waals surface area contributed by atoms with Gasteiger partial charge in [-0.2, -0.15) is 0 Å². The Bertz CT molecular complexity index is 594. The first kappa shape index (κ1) is 19.0. The number of hydrogen-bond donors (Lipinski definition) is 0. The van der Waals surface area contributed by atoms with Gasteiger partial charge < -0.3 is 14.4 Å². The van der Waals surface area contributed by atoms with Crippen LogP contribution in [-0.4, -0.2) is 44.2 Å². The fourth-order valence-corrected chi connectivity index (χ4v) is 3.65. The Balaban J connectivity index is 3.48. The quantitative estimate of drug-likeness (QED) is 0.452. The number of hydrogen-bond acceptors (Lipinski definition) is 5. The molecule has 1 rings (SSSR count). The molecule has 0 aliphatic rings. The molecule has 0 saturated heterocycles. The normalized spacial score (nSPS) is 11.0. The molecule has 0 unspecified atom stereocenters. The van der Waals surface area contributed by atoms with Crippen LogP contribution in [0.5, 0.6) is 11.5 Å². The molecule has 0 spiro atoms.